The lowest BCUT2D eigenvalue weighted by Crippen LogP contribution is -2.50. The minimum absolute atomic E-state index is 0.0306. The number of alkyl halides is 3. The number of ether oxygens (including phenoxy) is 2. The van der Waals surface area contributed by atoms with Crippen LogP contribution in [0.4, 0.5) is 13.2 Å². The van der Waals surface area contributed by atoms with Crippen molar-refractivity contribution in [2.45, 2.75) is 44.8 Å². The van der Waals surface area contributed by atoms with Gasteiger partial charge in [-0.15, -0.1) is 0 Å². The smallest absolute Gasteiger partial charge is 0.411 e. The minimum atomic E-state index is -4.29. The fourth-order valence-electron chi connectivity index (χ4n) is 1.75. The maximum absolute atomic E-state index is 11.8. The van der Waals surface area contributed by atoms with Gasteiger partial charge in [-0.05, 0) is 32.7 Å². The Morgan fingerprint density at radius 1 is 1.26 bits per heavy atom. The molecule has 0 amide bonds. The molecule has 7 heteroatoms. The molecule has 1 N–H and O–H groups in total. The number of likely N-dealkylation sites (N-methyl/N-ethyl adjacent to an activating group) is 1. The minimum Gasteiger partial charge on any atom is -0.468 e. The fourth-order valence-corrected chi connectivity index (χ4v) is 1.75. The molecule has 0 fully saturated rings. The molecular weight excluding hydrogens is 263 g/mol. The summed E-state index contributed by atoms with van der Waals surface area (Å²) in [7, 11) is 1.31. The Balaban J connectivity index is 3.92. The van der Waals surface area contributed by atoms with Gasteiger partial charge in [0.25, 0.3) is 0 Å². The topological polar surface area (TPSA) is 47.6 Å². The molecule has 0 aromatic heterocycles. The number of halogens is 3. The van der Waals surface area contributed by atoms with Gasteiger partial charge < -0.3 is 14.8 Å². The Kier molecular flexibility index (Phi) is 8.01. The van der Waals surface area contributed by atoms with Gasteiger partial charge in [-0.3, -0.25) is 4.79 Å². The fraction of sp³-hybridized carbons (Fsp3) is 0.917. The maximum Gasteiger partial charge on any atom is 0.411 e. The second kappa shape index (κ2) is 8.37. The normalized spacial score (nSPS) is 15.1. The number of unbranched alkanes of at least 4 members (excludes halogenated alkanes) is 1. The van der Waals surface area contributed by atoms with Gasteiger partial charge in [-0.2, -0.15) is 13.2 Å². The van der Waals surface area contributed by atoms with Crippen molar-refractivity contribution in [1.29, 1.82) is 0 Å². The molecule has 0 saturated carbocycles. The van der Waals surface area contributed by atoms with Crippen LogP contribution in [0.2, 0.25) is 0 Å². The molecule has 1 unspecified atom stereocenters. The first-order valence-corrected chi connectivity index (χ1v) is 6.23. The summed E-state index contributed by atoms with van der Waals surface area (Å²) in [4.78, 5) is 11.6. The van der Waals surface area contributed by atoms with Crippen LogP contribution in [-0.4, -0.2) is 44.6 Å². The molecule has 0 heterocycles. The Hall–Kier alpha value is -0.820. The van der Waals surface area contributed by atoms with E-state index in [0.29, 0.717) is 25.8 Å². The second-order valence-electron chi connectivity index (χ2n) is 4.48. The molecule has 4 nitrogen and oxygen atoms in total. The van der Waals surface area contributed by atoms with E-state index >= 15 is 0 Å². The van der Waals surface area contributed by atoms with Crippen LogP contribution in [0.3, 0.4) is 0 Å². The number of carbonyl (C=O) groups excluding carboxylic acids is 1. The molecule has 1 atom stereocenters. The van der Waals surface area contributed by atoms with Crippen molar-refractivity contribution in [2.24, 2.45) is 0 Å². The lowest BCUT2D eigenvalue weighted by atomic mass is 9.95. The van der Waals surface area contributed by atoms with Gasteiger partial charge in [-0.25, -0.2) is 0 Å². The molecule has 0 bridgehead atoms. The van der Waals surface area contributed by atoms with Crippen molar-refractivity contribution in [2.75, 3.05) is 26.9 Å². The van der Waals surface area contributed by atoms with Crippen LogP contribution in [0.5, 0.6) is 0 Å². The molecule has 19 heavy (non-hydrogen) atoms. The van der Waals surface area contributed by atoms with Gasteiger partial charge in [0, 0.05) is 6.61 Å². The van der Waals surface area contributed by atoms with E-state index in [4.69, 9.17) is 4.74 Å². The quantitative estimate of drug-likeness (QED) is 0.521. The molecule has 0 saturated heterocycles. The zero-order valence-electron chi connectivity index (χ0n) is 11.6. The van der Waals surface area contributed by atoms with Crippen LogP contribution < -0.4 is 5.32 Å². The number of esters is 1. The first-order chi connectivity index (χ1) is 8.75. The summed E-state index contributed by atoms with van der Waals surface area (Å²) < 4.78 is 44.6. The molecule has 0 aliphatic carbocycles. The molecule has 0 aromatic carbocycles. The number of nitrogens with one attached hydrogen (secondary N) is 1. The maximum atomic E-state index is 11.8. The molecule has 0 radical (unpaired) electrons. The van der Waals surface area contributed by atoms with Gasteiger partial charge in [-0.1, -0.05) is 6.92 Å². The van der Waals surface area contributed by atoms with Crippen LogP contribution in [0.15, 0.2) is 0 Å². The SMILES string of the molecule is CCNC(C)(CCCCOCC(F)(F)F)C(=O)OC. The summed E-state index contributed by atoms with van der Waals surface area (Å²) >= 11 is 0. The number of rotatable bonds is 9. The summed E-state index contributed by atoms with van der Waals surface area (Å²) in [6.07, 6.45) is -2.75. The lowest BCUT2D eigenvalue weighted by molar-refractivity contribution is -0.174. The zero-order valence-corrected chi connectivity index (χ0v) is 11.6. The molecule has 0 aliphatic rings. The van der Waals surface area contributed by atoms with Gasteiger partial charge in [0.05, 0.1) is 7.11 Å². The van der Waals surface area contributed by atoms with Crippen LogP contribution in [-0.2, 0) is 14.3 Å². The van der Waals surface area contributed by atoms with E-state index < -0.39 is 18.3 Å². The standard InChI is InChI=1S/C12H22F3NO3/c1-4-16-11(2,10(17)18-3)7-5-6-8-19-9-12(13,14)15/h16H,4-9H2,1-3H3. The predicted octanol–water partition coefficient (Wildman–Crippen LogP) is 2.28. The summed E-state index contributed by atoms with van der Waals surface area (Å²) in [6.45, 7) is 3.00. The van der Waals surface area contributed by atoms with E-state index in [1.165, 1.54) is 7.11 Å². The summed E-state index contributed by atoms with van der Waals surface area (Å²) in [5.74, 6) is -0.370. The Bertz CT molecular complexity index is 271. The number of hydrogen-bond acceptors (Lipinski definition) is 4. The van der Waals surface area contributed by atoms with E-state index in [1.807, 2.05) is 6.92 Å². The van der Waals surface area contributed by atoms with Crippen LogP contribution >= 0.6 is 0 Å². The monoisotopic (exact) mass is 285 g/mol. The first-order valence-electron chi connectivity index (χ1n) is 6.23. The van der Waals surface area contributed by atoms with Gasteiger partial charge in [0.1, 0.15) is 12.1 Å². The number of methoxy groups -OCH3 is 1. The third-order valence-electron chi connectivity index (χ3n) is 2.68. The van der Waals surface area contributed by atoms with Gasteiger partial charge in [0.2, 0.25) is 0 Å². The predicted molar refractivity (Wildman–Crippen MR) is 64.8 cm³/mol. The lowest BCUT2D eigenvalue weighted by Gasteiger charge is -2.27. The van der Waals surface area contributed by atoms with Gasteiger partial charge >= 0.3 is 12.1 Å². The van der Waals surface area contributed by atoms with E-state index in [2.05, 4.69) is 10.1 Å². The second-order valence-corrected chi connectivity index (χ2v) is 4.48. The van der Waals surface area contributed by atoms with Gasteiger partial charge in [0.15, 0.2) is 0 Å². The third kappa shape index (κ3) is 8.05. The Morgan fingerprint density at radius 3 is 2.37 bits per heavy atom. The molecule has 0 spiro atoms. The van der Waals surface area contributed by atoms with Crippen molar-refractivity contribution < 1.29 is 27.4 Å². The highest BCUT2D eigenvalue weighted by Crippen LogP contribution is 2.17. The molecule has 114 valence electrons. The molecule has 0 aliphatic heterocycles. The molecule has 0 aromatic rings. The summed E-state index contributed by atoms with van der Waals surface area (Å²) in [6, 6.07) is 0. The van der Waals surface area contributed by atoms with Crippen molar-refractivity contribution in [1.82, 2.24) is 5.32 Å². The van der Waals surface area contributed by atoms with Crippen molar-refractivity contribution in [3.63, 3.8) is 0 Å². The van der Waals surface area contributed by atoms with Crippen LogP contribution in [0.25, 0.3) is 0 Å². The van der Waals surface area contributed by atoms with Crippen molar-refractivity contribution in [3.8, 4) is 0 Å². The average molecular weight is 285 g/mol. The van der Waals surface area contributed by atoms with E-state index in [0.717, 1.165) is 0 Å². The van der Waals surface area contributed by atoms with Crippen molar-refractivity contribution >= 4 is 5.97 Å². The zero-order chi connectivity index (χ0) is 14.9. The third-order valence-corrected chi connectivity index (χ3v) is 2.68. The average Bonchev–Trinajstić information content (AvgIpc) is 2.31. The van der Waals surface area contributed by atoms with E-state index in [1.54, 1.807) is 6.92 Å². The molecule has 0 rings (SSSR count). The largest absolute Gasteiger partial charge is 0.468 e. The highest BCUT2D eigenvalue weighted by molar-refractivity contribution is 5.80. The summed E-state index contributed by atoms with van der Waals surface area (Å²) in [5.41, 5.74) is -0.798. The highest BCUT2D eigenvalue weighted by atomic mass is 19.4. The van der Waals surface area contributed by atoms with Crippen LogP contribution in [0, 0.1) is 0 Å². The number of carbonyl (C=O) groups is 1. The first kappa shape index (κ1) is 18.2. The van der Waals surface area contributed by atoms with E-state index in [9.17, 15) is 18.0 Å². The Labute approximate surface area is 111 Å². The van der Waals surface area contributed by atoms with E-state index in [-0.39, 0.29) is 12.6 Å². The summed E-state index contributed by atoms with van der Waals surface area (Å²) in [5, 5.41) is 3.03. The van der Waals surface area contributed by atoms with Crippen molar-refractivity contribution in [3.05, 3.63) is 0 Å². The van der Waals surface area contributed by atoms with Crippen LogP contribution in [0.1, 0.15) is 33.1 Å². The highest BCUT2D eigenvalue weighted by Gasteiger charge is 2.32. The molecular formula is C12H22F3NO3. The number of hydrogen-bond donors (Lipinski definition) is 1. The Morgan fingerprint density at radius 2 is 1.89 bits per heavy atom.